The monoisotopic (exact) mass is 279 g/mol. The van der Waals surface area contributed by atoms with E-state index in [-0.39, 0.29) is 6.54 Å². The van der Waals surface area contributed by atoms with Crippen LogP contribution in [0.4, 0.5) is 4.79 Å². The van der Waals surface area contributed by atoms with E-state index < -0.39 is 6.03 Å². The van der Waals surface area contributed by atoms with Crippen LogP contribution in [0.5, 0.6) is 0 Å². The molecule has 3 aromatic carbocycles. The predicted molar refractivity (Wildman–Crippen MR) is 82.4 cm³/mol. The zero-order valence-electron chi connectivity index (χ0n) is 11.2. The molecule has 0 aromatic heterocycles. The van der Waals surface area contributed by atoms with Crippen LogP contribution < -0.4 is 5.73 Å². The van der Waals surface area contributed by atoms with Crippen molar-refractivity contribution in [2.24, 2.45) is 11.0 Å². The number of rotatable bonds is 3. The molecule has 0 fully saturated rings. The molecular formula is C16H13N3O2. The predicted octanol–water partition coefficient (Wildman–Crippen LogP) is 3.56. The van der Waals surface area contributed by atoms with Gasteiger partial charge in [0, 0.05) is 0 Å². The Morgan fingerprint density at radius 1 is 1.00 bits per heavy atom. The van der Waals surface area contributed by atoms with Gasteiger partial charge >= 0.3 is 6.03 Å². The Bertz CT molecular complexity index is 791. The highest BCUT2D eigenvalue weighted by molar-refractivity contribution is 6.02. The number of urea groups is 1. The zero-order chi connectivity index (χ0) is 14.8. The minimum Gasteiger partial charge on any atom is -0.350 e. The van der Waals surface area contributed by atoms with Gasteiger partial charge in [-0.3, -0.25) is 0 Å². The van der Waals surface area contributed by atoms with Crippen LogP contribution in [0.25, 0.3) is 21.5 Å². The minimum atomic E-state index is -0.859. The Hall–Kier alpha value is -2.95. The molecule has 0 aliphatic rings. The Balaban J connectivity index is 2.29. The van der Waals surface area contributed by atoms with Gasteiger partial charge in [-0.05, 0) is 33.2 Å². The maximum absolute atomic E-state index is 11.3. The van der Waals surface area contributed by atoms with Crippen LogP contribution in [0.15, 0.2) is 59.9 Å². The van der Waals surface area contributed by atoms with E-state index in [0.717, 1.165) is 32.1 Å². The molecular weight excluding hydrogens is 266 g/mol. The van der Waals surface area contributed by atoms with E-state index in [2.05, 4.69) is 11.4 Å². The Labute approximate surface area is 120 Å². The molecule has 0 aliphatic heterocycles. The van der Waals surface area contributed by atoms with E-state index in [4.69, 9.17) is 5.73 Å². The fourth-order valence-electron chi connectivity index (χ4n) is 2.58. The average molecular weight is 279 g/mol. The van der Waals surface area contributed by atoms with Crippen molar-refractivity contribution in [3.05, 3.63) is 65.1 Å². The second-order valence-corrected chi connectivity index (χ2v) is 4.77. The first-order valence-corrected chi connectivity index (χ1v) is 6.50. The number of amides is 2. The Morgan fingerprint density at radius 3 is 2.00 bits per heavy atom. The van der Waals surface area contributed by atoms with Crippen molar-refractivity contribution in [2.75, 3.05) is 0 Å². The van der Waals surface area contributed by atoms with Gasteiger partial charge in [0.2, 0.25) is 0 Å². The highest BCUT2D eigenvalue weighted by atomic mass is 16.3. The summed E-state index contributed by atoms with van der Waals surface area (Å²) in [6.45, 7) is 0.0563. The number of carbonyl (C=O) groups is 1. The first kappa shape index (κ1) is 13.1. The third kappa shape index (κ3) is 2.29. The SMILES string of the molecule is NC(=O)N(Cc1c2ccccc2cc2ccccc12)N=O. The molecule has 0 spiro atoms. The number of nitrogens with two attached hydrogens (primary N) is 1. The summed E-state index contributed by atoms with van der Waals surface area (Å²) in [5, 5.41) is 7.48. The maximum atomic E-state index is 11.3. The summed E-state index contributed by atoms with van der Waals surface area (Å²) in [7, 11) is 0. The number of hydrogen-bond donors (Lipinski definition) is 1. The van der Waals surface area contributed by atoms with E-state index in [1.807, 2.05) is 48.5 Å². The van der Waals surface area contributed by atoms with Crippen LogP contribution >= 0.6 is 0 Å². The van der Waals surface area contributed by atoms with Crippen molar-refractivity contribution in [2.45, 2.75) is 6.54 Å². The molecule has 5 nitrogen and oxygen atoms in total. The molecule has 3 aromatic rings. The summed E-state index contributed by atoms with van der Waals surface area (Å²) < 4.78 is 0. The summed E-state index contributed by atoms with van der Waals surface area (Å²) in [6.07, 6.45) is 0. The minimum absolute atomic E-state index is 0.0563. The maximum Gasteiger partial charge on any atom is 0.338 e. The fourth-order valence-corrected chi connectivity index (χ4v) is 2.58. The first-order chi connectivity index (χ1) is 10.2. The molecule has 2 N–H and O–H groups in total. The normalized spacial score (nSPS) is 10.7. The zero-order valence-corrected chi connectivity index (χ0v) is 11.2. The van der Waals surface area contributed by atoms with Gasteiger partial charge in [-0.1, -0.05) is 48.5 Å². The summed E-state index contributed by atoms with van der Waals surface area (Å²) in [6, 6.07) is 16.9. The van der Waals surface area contributed by atoms with Gasteiger partial charge in [0.15, 0.2) is 0 Å². The Kier molecular flexibility index (Phi) is 3.23. The summed E-state index contributed by atoms with van der Waals surface area (Å²) in [5.41, 5.74) is 6.04. The van der Waals surface area contributed by atoms with Crippen molar-refractivity contribution in [1.29, 1.82) is 0 Å². The van der Waals surface area contributed by atoms with E-state index in [1.54, 1.807) is 0 Å². The topological polar surface area (TPSA) is 75.8 Å². The number of nitrogens with zero attached hydrogens (tertiary/aromatic N) is 2. The van der Waals surface area contributed by atoms with Crippen molar-refractivity contribution in [3.8, 4) is 0 Å². The lowest BCUT2D eigenvalue weighted by Gasteiger charge is -2.15. The van der Waals surface area contributed by atoms with Crippen LogP contribution in [0.1, 0.15) is 5.56 Å². The standard InChI is InChI=1S/C16H13N3O2/c17-16(20)19(18-21)10-15-13-7-3-1-5-11(13)9-12-6-2-4-8-14(12)15/h1-9H,10H2,(H2,17,20). The average Bonchev–Trinajstić information content (AvgIpc) is 2.51. The van der Waals surface area contributed by atoms with Gasteiger partial charge in [0.05, 0.1) is 11.8 Å². The van der Waals surface area contributed by atoms with E-state index in [1.165, 1.54) is 0 Å². The van der Waals surface area contributed by atoms with Crippen LogP contribution in [-0.4, -0.2) is 11.0 Å². The number of hydrogen-bond acceptors (Lipinski definition) is 3. The number of fused-ring (bicyclic) bond motifs is 2. The molecule has 3 rings (SSSR count). The van der Waals surface area contributed by atoms with Crippen molar-refractivity contribution < 1.29 is 4.79 Å². The molecule has 0 heterocycles. The number of carbonyl (C=O) groups excluding carboxylic acids is 1. The molecule has 0 bridgehead atoms. The smallest absolute Gasteiger partial charge is 0.338 e. The number of nitroso groups, excluding NO2 is 1. The lowest BCUT2D eigenvalue weighted by atomic mass is 9.97. The van der Waals surface area contributed by atoms with Crippen molar-refractivity contribution in [1.82, 2.24) is 5.01 Å². The van der Waals surface area contributed by atoms with E-state index in [9.17, 15) is 9.70 Å². The van der Waals surface area contributed by atoms with Crippen LogP contribution in [-0.2, 0) is 6.54 Å². The second-order valence-electron chi connectivity index (χ2n) is 4.77. The van der Waals surface area contributed by atoms with Crippen LogP contribution in [0, 0.1) is 4.91 Å². The van der Waals surface area contributed by atoms with Crippen molar-refractivity contribution >= 4 is 27.6 Å². The summed E-state index contributed by atoms with van der Waals surface area (Å²) >= 11 is 0. The number of primary amides is 1. The molecule has 0 saturated carbocycles. The molecule has 0 aliphatic carbocycles. The van der Waals surface area contributed by atoms with E-state index in [0.29, 0.717) is 0 Å². The molecule has 104 valence electrons. The Morgan fingerprint density at radius 2 is 1.52 bits per heavy atom. The highest BCUT2D eigenvalue weighted by Gasteiger charge is 2.15. The largest absolute Gasteiger partial charge is 0.350 e. The summed E-state index contributed by atoms with van der Waals surface area (Å²) in [5.74, 6) is 0. The van der Waals surface area contributed by atoms with Gasteiger partial charge in [-0.15, -0.1) is 4.91 Å². The third-order valence-corrected chi connectivity index (χ3v) is 3.54. The van der Waals surface area contributed by atoms with Crippen LogP contribution in [0.3, 0.4) is 0 Å². The highest BCUT2D eigenvalue weighted by Crippen LogP contribution is 2.29. The van der Waals surface area contributed by atoms with Gasteiger partial charge in [0.25, 0.3) is 0 Å². The van der Waals surface area contributed by atoms with Crippen molar-refractivity contribution in [3.63, 3.8) is 0 Å². The van der Waals surface area contributed by atoms with Gasteiger partial charge < -0.3 is 5.73 Å². The van der Waals surface area contributed by atoms with Crippen LogP contribution in [0.2, 0.25) is 0 Å². The molecule has 0 atom stereocenters. The van der Waals surface area contributed by atoms with Gasteiger partial charge in [-0.25, -0.2) is 4.79 Å². The quantitative estimate of drug-likeness (QED) is 0.452. The first-order valence-electron chi connectivity index (χ1n) is 6.50. The lowest BCUT2D eigenvalue weighted by molar-refractivity contribution is 0.207. The molecule has 0 unspecified atom stereocenters. The van der Waals surface area contributed by atoms with Gasteiger partial charge in [0.1, 0.15) is 0 Å². The molecule has 2 amide bonds. The molecule has 21 heavy (non-hydrogen) atoms. The molecule has 0 saturated heterocycles. The molecule has 5 heteroatoms. The third-order valence-electron chi connectivity index (χ3n) is 3.54. The lowest BCUT2D eigenvalue weighted by Crippen LogP contribution is -2.30. The fraction of sp³-hybridized carbons (Fsp3) is 0.0625. The number of benzene rings is 3. The second kappa shape index (κ2) is 5.20. The van der Waals surface area contributed by atoms with E-state index >= 15 is 0 Å². The summed E-state index contributed by atoms with van der Waals surface area (Å²) in [4.78, 5) is 22.1. The van der Waals surface area contributed by atoms with Gasteiger partial charge in [-0.2, -0.15) is 5.01 Å². The molecule has 0 radical (unpaired) electrons.